The van der Waals surface area contributed by atoms with E-state index in [0.29, 0.717) is 0 Å². The second-order valence-corrected chi connectivity index (χ2v) is 5.55. The van der Waals surface area contributed by atoms with Crippen LogP contribution < -0.4 is 5.32 Å². The van der Waals surface area contributed by atoms with Gasteiger partial charge >= 0.3 is 18.0 Å². The number of thiophene rings is 1. The smallest absolute Gasteiger partial charge is 0.326 e. The van der Waals surface area contributed by atoms with Crippen LogP contribution in [0.4, 0.5) is 4.79 Å². The molecule has 1 rings (SSSR count). The van der Waals surface area contributed by atoms with E-state index in [-0.39, 0.29) is 18.9 Å². The van der Waals surface area contributed by atoms with Crippen molar-refractivity contribution >= 4 is 29.3 Å². The third kappa shape index (κ3) is 5.07. The van der Waals surface area contributed by atoms with E-state index in [2.05, 4.69) is 5.32 Å². The normalized spacial score (nSPS) is 13.2. The van der Waals surface area contributed by atoms with Gasteiger partial charge in [0.1, 0.15) is 6.04 Å². The van der Waals surface area contributed by atoms with Crippen molar-refractivity contribution < 1.29 is 24.6 Å². The lowest BCUT2D eigenvalue weighted by Crippen LogP contribution is -2.47. The average molecular weight is 314 g/mol. The van der Waals surface area contributed by atoms with Crippen molar-refractivity contribution in [3.05, 3.63) is 22.4 Å². The van der Waals surface area contributed by atoms with Crippen LogP contribution in [0.5, 0.6) is 0 Å². The summed E-state index contributed by atoms with van der Waals surface area (Å²) in [6.07, 6.45) is -0.473. The van der Waals surface area contributed by atoms with Crippen LogP contribution in [-0.4, -0.2) is 46.2 Å². The number of carbonyl (C=O) groups excluding carboxylic acids is 1. The number of rotatable bonds is 7. The molecular formula is C13H18N2O5S. The molecule has 116 valence electrons. The number of hydrogen-bond acceptors (Lipinski definition) is 4. The Labute approximate surface area is 126 Å². The van der Waals surface area contributed by atoms with Crippen molar-refractivity contribution in [3.63, 3.8) is 0 Å². The molecule has 0 aliphatic carbocycles. The van der Waals surface area contributed by atoms with E-state index in [1.54, 1.807) is 7.05 Å². The lowest BCUT2D eigenvalue weighted by molar-refractivity contribution is -0.140. The quantitative estimate of drug-likeness (QED) is 0.711. The molecule has 2 unspecified atom stereocenters. The summed E-state index contributed by atoms with van der Waals surface area (Å²) in [5.41, 5.74) is 0. The van der Waals surface area contributed by atoms with Crippen LogP contribution >= 0.6 is 11.3 Å². The number of urea groups is 1. The topological polar surface area (TPSA) is 107 Å². The summed E-state index contributed by atoms with van der Waals surface area (Å²) in [6, 6.07) is 1.80. The van der Waals surface area contributed by atoms with Gasteiger partial charge in [0.25, 0.3) is 0 Å². The van der Waals surface area contributed by atoms with Crippen molar-refractivity contribution in [1.82, 2.24) is 10.2 Å². The molecule has 0 fully saturated rings. The summed E-state index contributed by atoms with van der Waals surface area (Å²) in [5.74, 6) is -2.35. The molecule has 2 amide bonds. The van der Waals surface area contributed by atoms with Crippen LogP contribution in [0.2, 0.25) is 0 Å². The Hall–Kier alpha value is -2.09. The number of carbonyl (C=O) groups is 3. The van der Waals surface area contributed by atoms with Gasteiger partial charge in [0.15, 0.2) is 0 Å². The first-order valence-electron chi connectivity index (χ1n) is 6.34. The predicted octanol–water partition coefficient (Wildman–Crippen LogP) is 1.77. The molecule has 0 saturated carbocycles. The molecular weight excluding hydrogens is 296 g/mol. The van der Waals surface area contributed by atoms with Crippen molar-refractivity contribution in [2.24, 2.45) is 0 Å². The molecule has 0 spiro atoms. The largest absolute Gasteiger partial charge is 0.481 e. The van der Waals surface area contributed by atoms with Gasteiger partial charge in [-0.3, -0.25) is 4.79 Å². The number of carboxylic acid groups (broad SMARTS) is 2. The maximum Gasteiger partial charge on any atom is 0.326 e. The summed E-state index contributed by atoms with van der Waals surface area (Å²) in [4.78, 5) is 36.0. The minimum atomic E-state index is -1.25. The minimum Gasteiger partial charge on any atom is -0.481 e. The van der Waals surface area contributed by atoms with Gasteiger partial charge in [-0.25, -0.2) is 9.59 Å². The maximum absolute atomic E-state index is 12.0. The Bertz CT molecular complexity index is 503. The first kappa shape index (κ1) is 17.0. The fourth-order valence-corrected chi connectivity index (χ4v) is 2.50. The van der Waals surface area contributed by atoms with Gasteiger partial charge in [0, 0.05) is 18.3 Å². The van der Waals surface area contributed by atoms with Crippen LogP contribution in [0, 0.1) is 0 Å². The lowest BCUT2D eigenvalue weighted by atomic mass is 10.1. The Morgan fingerprint density at radius 1 is 1.38 bits per heavy atom. The van der Waals surface area contributed by atoms with E-state index >= 15 is 0 Å². The number of hydrogen-bond donors (Lipinski definition) is 3. The van der Waals surface area contributed by atoms with E-state index in [4.69, 9.17) is 10.2 Å². The van der Waals surface area contributed by atoms with E-state index in [1.165, 1.54) is 16.2 Å². The van der Waals surface area contributed by atoms with Gasteiger partial charge in [0.2, 0.25) is 0 Å². The van der Waals surface area contributed by atoms with Gasteiger partial charge in [-0.1, -0.05) is 6.07 Å². The van der Waals surface area contributed by atoms with E-state index in [9.17, 15) is 14.4 Å². The van der Waals surface area contributed by atoms with Crippen molar-refractivity contribution in [3.8, 4) is 0 Å². The zero-order valence-electron chi connectivity index (χ0n) is 11.8. The Kier molecular flexibility index (Phi) is 6.16. The molecule has 0 bridgehead atoms. The first-order valence-corrected chi connectivity index (χ1v) is 7.22. The minimum absolute atomic E-state index is 0.155. The van der Waals surface area contributed by atoms with Gasteiger partial charge in [-0.15, -0.1) is 11.3 Å². The first-order chi connectivity index (χ1) is 9.82. The Morgan fingerprint density at radius 3 is 2.52 bits per heavy atom. The zero-order chi connectivity index (χ0) is 16.0. The van der Waals surface area contributed by atoms with Crippen LogP contribution in [0.3, 0.4) is 0 Å². The Balaban J connectivity index is 2.63. The van der Waals surface area contributed by atoms with E-state index in [0.717, 1.165) is 4.88 Å². The highest BCUT2D eigenvalue weighted by atomic mass is 32.1. The highest BCUT2D eigenvalue weighted by molar-refractivity contribution is 7.10. The van der Waals surface area contributed by atoms with Gasteiger partial charge in [-0.05, 0) is 24.8 Å². The van der Waals surface area contributed by atoms with Crippen LogP contribution in [-0.2, 0) is 9.59 Å². The number of carboxylic acids is 2. The van der Waals surface area contributed by atoms with Gasteiger partial charge in [-0.2, -0.15) is 0 Å². The summed E-state index contributed by atoms with van der Waals surface area (Å²) in [6.45, 7) is 1.83. The lowest BCUT2D eigenvalue weighted by Gasteiger charge is -2.26. The molecule has 21 heavy (non-hydrogen) atoms. The summed E-state index contributed by atoms with van der Waals surface area (Å²) in [5, 5.41) is 21.8. The third-order valence-corrected chi connectivity index (χ3v) is 4.14. The van der Waals surface area contributed by atoms with Gasteiger partial charge < -0.3 is 20.4 Å². The molecule has 0 saturated heterocycles. The standard InChI is InChI=1S/C13H18N2O5S/c1-8(10-4-3-7-21-10)15(2)13(20)14-9(12(18)19)5-6-11(16)17/h3-4,7-9H,5-6H2,1-2H3,(H,14,20)(H,16,17)(H,18,19). The van der Waals surface area contributed by atoms with Crippen molar-refractivity contribution in [2.75, 3.05) is 7.05 Å². The molecule has 3 N–H and O–H groups in total. The van der Waals surface area contributed by atoms with Crippen LogP contribution in [0.15, 0.2) is 17.5 Å². The Morgan fingerprint density at radius 2 is 2.05 bits per heavy atom. The monoisotopic (exact) mass is 314 g/mol. The van der Waals surface area contributed by atoms with Crippen LogP contribution in [0.1, 0.15) is 30.7 Å². The molecule has 1 aromatic heterocycles. The van der Waals surface area contributed by atoms with E-state index < -0.39 is 24.0 Å². The molecule has 7 nitrogen and oxygen atoms in total. The van der Waals surface area contributed by atoms with Gasteiger partial charge in [0.05, 0.1) is 6.04 Å². The highest BCUT2D eigenvalue weighted by Gasteiger charge is 2.25. The molecule has 8 heteroatoms. The van der Waals surface area contributed by atoms with Crippen LogP contribution in [0.25, 0.3) is 0 Å². The second kappa shape index (κ2) is 7.63. The number of nitrogens with one attached hydrogen (secondary N) is 1. The molecule has 2 atom stereocenters. The number of amides is 2. The third-order valence-electron chi connectivity index (χ3n) is 3.10. The van der Waals surface area contributed by atoms with Crippen molar-refractivity contribution in [1.29, 1.82) is 0 Å². The molecule has 1 heterocycles. The second-order valence-electron chi connectivity index (χ2n) is 4.58. The van der Waals surface area contributed by atoms with E-state index in [1.807, 2.05) is 24.4 Å². The molecule has 0 aliphatic heterocycles. The SMILES string of the molecule is CC(c1cccs1)N(C)C(=O)NC(CCC(=O)O)C(=O)O. The predicted molar refractivity (Wildman–Crippen MR) is 77.3 cm³/mol. The number of aliphatic carboxylic acids is 2. The zero-order valence-corrected chi connectivity index (χ0v) is 12.6. The molecule has 1 aromatic rings. The molecule has 0 aromatic carbocycles. The maximum atomic E-state index is 12.0. The summed E-state index contributed by atoms with van der Waals surface area (Å²) < 4.78 is 0. The highest BCUT2D eigenvalue weighted by Crippen LogP contribution is 2.23. The fourth-order valence-electron chi connectivity index (χ4n) is 1.67. The summed E-state index contributed by atoms with van der Waals surface area (Å²) >= 11 is 1.50. The number of nitrogens with zero attached hydrogens (tertiary/aromatic N) is 1. The average Bonchev–Trinajstić information content (AvgIpc) is 2.94. The molecule has 0 aliphatic rings. The van der Waals surface area contributed by atoms with Crippen molar-refractivity contribution in [2.45, 2.75) is 31.8 Å². The summed E-state index contributed by atoms with van der Waals surface area (Å²) in [7, 11) is 1.57. The fraction of sp³-hybridized carbons (Fsp3) is 0.462. The molecule has 0 radical (unpaired) electrons.